The highest BCUT2D eigenvalue weighted by molar-refractivity contribution is 7.97. The van der Waals surface area contributed by atoms with Gasteiger partial charge in [-0.15, -0.1) is 11.3 Å². The van der Waals surface area contributed by atoms with Crippen molar-refractivity contribution < 1.29 is 14.3 Å². The van der Waals surface area contributed by atoms with E-state index in [1.807, 2.05) is 32.0 Å². The minimum atomic E-state index is -0.293. The van der Waals surface area contributed by atoms with E-state index in [0.717, 1.165) is 31.1 Å². The van der Waals surface area contributed by atoms with Gasteiger partial charge >= 0.3 is 0 Å². The lowest BCUT2D eigenvalue weighted by atomic mass is 10.2. The molecule has 0 atom stereocenters. The van der Waals surface area contributed by atoms with E-state index in [4.69, 9.17) is 21.1 Å². The molecule has 0 aliphatic carbocycles. The number of hydrogen-bond acceptors (Lipinski definition) is 8. The fraction of sp³-hybridized carbons (Fsp3) is 0.333. The molecule has 1 fully saturated rings. The molecule has 0 unspecified atom stereocenters. The SMILES string of the molecule is CC(C)Oc1cc(Oc2ccc(SN3CCN(C)CC3)cc2Cl)cc(C(=O)Nc2nccs2)c1. The van der Waals surface area contributed by atoms with E-state index >= 15 is 0 Å². The number of benzene rings is 2. The number of rotatable bonds is 8. The number of likely N-dealkylation sites (N-methyl/N-ethyl adjacent to an activating group) is 1. The predicted octanol–water partition coefficient (Wildman–Crippen LogP) is 5.88. The van der Waals surface area contributed by atoms with Crippen molar-refractivity contribution in [1.29, 1.82) is 0 Å². The molecule has 1 aromatic heterocycles. The second-order valence-corrected chi connectivity index (χ2v) is 10.6. The van der Waals surface area contributed by atoms with E-state index in [1.165, 1.54) is 11.3 Å². The van der Waals surface area contributed by atoms with Crippen LogP contribution in [0.4, 0.5) is 5.13 Å². The molecule has 0 bridgehead atoms. The summed E-state index contributed by atoms with van der Waals surface area (Å²) in [7, 11) is 2.14. The maximum absolute atomic E-state index is 12.8. The van der Waals surface area contributed by atoms with E-state index in [-0.39, 0.29) is 12.0 Å². The summed E-state index contributed by atoms with van der Waals surface area (Å²) in [5.41, 5.74) is 0.404. The third-order valence-corrected chi connectivity index (χ3v) is 7.07. The lowest BCUT2D eigenvalue weighted by molar-refractivity contribution is 0.102. The highest BCUT2D eigenvalue weighted by atomic mass is 35.5. The van der Waals surface area contributed by atoms with E-state index in [1.54, 1.807) is 41.7 Å². The number of nitrogens with zero attached hydrogens (tertiary/aromatic N) is 3. The van der Waals surface area contributed by atoms with Crippen LogP contribution in [0.3, 0.4) is 0 Å². The van der Waals surface area contributed by atoms with Crippen LogP contribution < -0.4 is 14.8 Å². The molecule has 2 aromatic carbocycles. The minimum absolute atomic E-state index is 0.0559. The van der Waals surface area contributed by atoms with Gasteiger partial charge in [-0.2, -0.15) is 0 Å². The smallest absolute Gasteiger partial charge is 0.257 e. The van der Waals surface area contributed by atoms with Gasteiger partial charge in [0.05, 0.1) is 11.1 Å². The molecule has 10 heteroatoms. The first-order valence-electron chi connectivity index (χ1n) is 11.0. The van der Waals surface area contributed by atoms with Crippen molar-refractivity contribution in [3.05, 3.63) is 58.6 Å². The van der Waals surface area contributed by atoms with Crippen LogP contribution in [-0.2, 0) is 0 Å². The Kier molecular flexibility index (Phi) is 8.33. The number of halogens is 1. The molecule has 7 nitrogen and oxygen atoms in total. The Morgan fingerprint density at radius 1 is 1.15 bits per heavy atom. The van der Waals surface area contributed by atoms with Crippen LogP contribution in [0, 0.1) is 0 Å². The van der Waals surface area contributed by atoms with Gasteiger partial charge in [0.2, 0.25) is 0 Å². The van der Waals surface area contributed by atoms with E-state index in [0.29, 0.717) is 33.0 Å². The molecule has 1 amide bonds. The third-order valence-electron chi connectivity index (χ3n) is 4.99. The maximum Gasteiger partial charge on any atom is 0.257 e. The second kappa shape index (κ2) is 11.4. The number of carbonyl (C=O) groups excluding carboxylic acids is 1. The predicted molar refractivity (Wildman–Crippen MR) is 139 cm³/mol. The zero-order chi connectivity index (χ0) is 24.1. The first-order valence-corrected chi connectivity index (χ1v) is 13.0. The van der Waals surface area contributed by atoms with Crippen LogP contribution in [0.15, 0.2) is 52.9 Å². The van der Waals surface area contributed by atoms with Crippen molar-refractivity contribution in [3.8, 4) is 17.2 Å². The number of ether oxygens (including phenoxy) is 2. The number of nitrogens with one attached hydrogen (secondary N) is 1. The lowest BCUT2D eigenvalue weighted by Gasteiger charge is -2.31. The van der Waals surface area contributed by atoms with E-state index in [9.17, 15) is 4.79 Å². The normalized spacial score (nSPS) is 14.9. The summed E-state index contributed by atoms with van der Waals surface area (Å²) in [6, 6.07) is 10.9. The molecule has 1 saturated heterocycles. The molecule has 0 radical (unpaired) electrons. The van der Waals surface area contributed by atoms with Gasteiger partial charge in [0, 0.05) is 54.3 Å². The Bertz CT molecular complexity index is 1120. The van der Waals surface area contributed by atoms with Crippen LogP contribution in [0.5, 0.6) is 17.2 Å². The fourth-order valence-electron chi connectivity index (χ4n) is 3.33. The zero-order valence-corrected chi connectivity index (χ0v) is 21.7. The second-order valence-electron chi connectivity index (χ2n) is 8.17. The Hall–Kier alpha value is -2.30. The minimum Gasteiger partial charge on any atom is -0.491 e. The monoisotopic (exact) mass is 518 g/mol. The number of piperazine rings is 1. The van der Waals surface area contributed by atoms with Gasteiger partial charge in [0.25, 0.3) is 5.91 Å². The molecular weight excluding hydrogens is 492 g/mol. The number of anilines is 1. The number of amides is 1. The molecule has 1 N–H and O–H groups in total. The largest absolute Gasteiger partial charge is 0.491 e. The molecule has 1 aliphatic rings. The molecule has 180 valence electrons. The average Bonchev–Trinajstić information content (AvgIpc) is 3.30. The summed E-state index contributed by atoms with van der Waals surface area (Å²) in [6.07, 6.45) is 1.58. The van der Waals surface area contributed by atoms with Gasteiger partial charge in [-0.3, -0.25) is 10.1 Å². The Balaban J connectivity index is 1.50. The van der Waals surface area contributed by atoms with Crippen molar-refractivity contribution in [2.45, 2.75) is 24.8 Å². The Labute approximate surface area is 213 Å². The van der Waals surface area contributed by atoms with Crippen LogP contribution in [-0.4, -0.2) is 59.4 Å². The Morgan fingerprint density at radius 3 is 2.59 bits per heavy atom. The third kappa shape index (κ3) is 6.86. The number of carbonyl (C=O) groups is 1. The zero-order valence-electron chi connectivity index (χ0n) is 19.3. The molecule has 34 heavy (non-hydrogen) atoms. The topological polar surface area (TPSA) is 66.9 Å². The number of hydrogen-bond donors (Lipinski definition) is 1. The molecule has 1 aliphatic heterocycles. The van der Waals surface area contributed by atoms with Crippen LogP contribution >= 0.6 is 34.9 Å². The van der Waals surface area contributed by atoms with Crippen molar-refractivity contribution in [1.82, 2.24) is 14.2 Å². The van der Waals surface area contributed by atoms with Crippen molar-refractivity contribution in [2.75, 3.05) is 38.5 Å². The summed E-state index contributed by atoms with van der Waals surface area (Å²) in [5, 5.41) is 5.62. The lowest BCUT2D eigenvalue weighted by Crippen LogP contribution is -2.40. The van der Waals surface area contributed by atoms with Crippen molar-refractivity contribution in [2.24, 2.45) is 0 Å². The standard InChI is InChI=1S/C24H27ClN4O3S2/c1-16(2)31-18-12-17(23(30)27-24-26-6-11-33-24)13-19(14-18)32-22-5-4-20(15-21(22)25)34-29-9-7-28(3)8-10-29/h4-6,11-16H,7-10H2,1-3H3,(H,26,27,30). The van der Waals surface area contributed by atoms with Crippen molar-refractivity contribution >= 4 is 45.9 Å². The molecule has 0 saturated carbocycles. The summed E-state index contributed by atoms with van der Waals surface area (Å²) < 4.78 is 14.3. The number of thiazole rings is 1. The number of aromatic nitrogens is 1. The first kappa shape index (κ1) is 24.8. The molecule has 2 heterocycles. The molecule has 4 rings (SSSR count). The van der Waals surface area contributed by atoms with E-state index in [2.05, 4.69) is 26.6 Å². The first-order chi connectivity index (χ1) is 16.4. The van der Waals surface area contributed by atoms with Crippen LogP contribution in [0.1, 0.15) is 24.2 Å². The van der Waals surface area contributed by atoms with E-state index < -0.39 is 0 Å². The summed E-state index contributed by atoms with van der Waals surface area (Å²) in [4.78, 5) is 20.3. The summed E-state index contributed by atoms with van der Waals surface area (Å²) in [6.45, 7) is 7.97. The van der Waals surface area contributed by atoms with Crippen LogP contribution in [0.2, 0.25) is 5.02 Å². The average molecular weight is 519 g/mol. The summed E-state index contributed by atoms with van der Waals surface area (Å²) in [5.74, 6) is 1.22. The van der Waals surface area contributed by atoms with Gasteiger partial charge in [0.15, 0.2) is 5.13 Å². The fourth-order valence-corrected chi connectivity index (χ4v) is 5.08. The van der Waals surface area contributed by atoms with Crippen molar-refractivity contribution in [3.63, 3.8) is 0 Å². The van der Waals surface area contributed by atoms with Gasteiger partial charge < -0.3 is 14.4 Å². The van der Waals surface area contributed by atoms with Gasteiger partial charge in [-0.1, -0.05) is 11.6 Å². The van der Waals surface area contributed by atoms with Gasteiger partial charge in [0.1, 0.15) is 17.2 Å². The molecule has 3 aromatic rings. The quantitative estimate of drug-likeness (QED) is 0.373. The van der Waals surface area contributed by atoms with Gasteiger partial charge in [-0.05, 0) is 63.2 Å². The highest BCUT2D eigenvalue weighted by Gasteiger charge is 2.17. The maximum atomic E-state index is 12.8. The molecular formula is C24H27ClN4O3S2. The Morgan fingerprint density at radius 2 is 1.91 bits per heavy atom. The molecule has 0 spiro atoms. The summed E-state index contributed by atoms with van der Waals surface area (Å²) >= 11 is 9.61. The highest BCUT2D eigenvalue weighted by Crippen LogP contribution is 2.36. The van der Waals surface area contributed by atoms with Gasteiger partial charge in [-0.25, -0.2) is 9.29 Å². The van der Waals surface area contributed by atoms with Crippen LogP contribution in [0.25, 0.3) is 0 Å².